The van der Waals surface area contributed by atoms with Crippen LogP contribution in [0.5, 0.6) is 0 Å². The molecular weight excluding hydrogens is 236 g/mol. The third-order valence-corrected chi connectivity index (χ3v) is 3.93. The lowest BCUT2D eigenvalue weighted by molar-refractivity contribution is 0.112. The molecule has 1 aliphatic heterocycles. The van der Waals surface area contributed by atoms with Gasteiger partial charge in [0.05, 0.1) is 6.61 Å². The Labute approximate surface area is 120 Å². The van der Waals surface area contributed by atoms with Gasteiger partial charge in [-0.3, -0.25) is 0 Å². The van der Waals surface area contributed by atoms with Gasteiger partial charge in [0.15, 0.2) is 0 Å². The highest BCUT2D eigenvalue weighted by Gasteiger charge is 2.36. The molecule has 0 aromatic heterocycles. The molecule has 1 fully saturated rings. The first-order valence-electron chi connectivity index (χ1n) is 7.88. The van der Waals surface area contributed by atoms with Gasteiger partial charge >= 0.3 is 0 Å². The molecule has 1 heterocycles. The van der Waals surface area contributed by atoms with Gasteiger partial charge in [-0.05, 0) is 47.2 Å². The van der Waals surface area contributed by atoms with Crippen LogP contribution in [-0.2, 0) is 4.74 Å². The van der Waals surface area contributed by atoms with E-state index < -0.39 is 0 Å². The number of rotatable bonds is 8. The first-order valence-corrected chi connectivity index (χ1v) is 7.88. The summed E-state index contributed by atoms with van der Waals surface area (Å²) in [5, 5.41) is 3.67. The van der Waals surface area contributed by atoms with E-state index in [0.717, 1.165) is 26.3 Å². The number of nitrogens with one attached hydrogen (secondary N) is 1. The summed E-state index contributed by atoms with van der Waals surface area (Å²) in [6, 6.07) is 0. The summed E-state index contributed by atoms with van der Waals surface area (Å²) in [6.07, 6.45) is 5.15. The standard InChI is InChI=1S/C16H34N2O/c1-6-7-8-10-18(5)13-16(9-11-19-14-16)12-17-15(2,3)4/h17H,6-14H2,1-5H3. The van der Waals surface area contributed by atoms with E-state index in [1.807, 2.05) is 0 Å². The van der Waals surface area contributed by atoms with Crippen LogP contribution in [0.25, 0.3) is 0 Å². The van der Waals surface area contributed by atoms with Gasteiger partial charge in [0, 0.05) is 30.7 Å². The Bertz CT molecular complexity index is 242. The second-order valence-electron chi connectivity index (χ2n) is 7.35. The van der Waals surface area contributed by atoms with Crippen molar-refractivity contribution in [3.8, 4) is 0 Å². The summed E-state index contributed by atoms with van der Waals surface area (Å²) >= 11 is 0. The van der Waals surface area contributed by atoms with Crippen molar-refractivity contribution in [3.05, 3.63) is 0 Å². The van der Waals surface area contributed by atoms with E-state index in [9.17, 15) is 0 Å². The van der Waals surface area contributed by atoms with Crippen molar-refractivity contribution in [1.82, 2.24) is 10.2 Å². The number of nitrogens with zero attached hydrogens (tertiary/aromatic N) is 1. The molecule has 1 aliphatic rings. The highest BCUT2D eigenvalue weighted by Crippen LogP contribution is 2.29. The van der Waals surface area contributed by atoms with Gasteiger partial charge in [0.25, 0.3) is 0 Å². The lowest BCUT2D eigenvalue weighted by atomic mass is 9.85. The van der Waals surface area contributed by atoms with Crippen LogP contribution < -0.4 is 5.32 Å². The van der Waals surface area contributed by atoms with E-state index in [2.05, 4.69) is 45.0 Å². The lowest BCUT2D eigenvalue weighted by Crippen LogP contribution is -2.48. The first kappa shape index (κ1) is 16.9. The number of hydrogen-bond acceptors (Lipinski definition) is 3. The molecule has 19 heavy (non-hydrogen) atoms. The average Bonchev–Trinajstić information content (AvgIpc) is 2.75. The van der Waals surface area contributed by atoms with Crippen LogP contribution >= 0.6 is 0 Å². The van der Waals surface area contributed by atoms with E-state index >= 15 is 0 Å². The Kier molecular flexibility index (Phi) is 6.78. The summed E-state index contributed by atoms with van der Waals surface area (Å²) in [5.74, 6) is 0. The second-order valence-corrected chi connectivity index (χ2v) is 7.35. The maximum atomic E-state index is 5.69. The predicted molar refractivity (Wildman–Crippen MR) is 82.6 cm³/mol. The van der Waals surface area contributed by atoms with Crippen molar-refractivity contribution in [2.45, 2.75) is 58.9 Å². The SMILES string of the molecule is CCCCCN(C)CC1(CNC(C)(C)C)CCOC1. The Morgan fingerprint density at radius 2 is 2.00 bits per heavy atom. The highest BCUT2D eigenvalue weighted by molar-refractivity contribution is 4.90. The molecule has 0 aromatic carbocycles. The predicted octanol–water partition coefficient (Wildman–Crippen LogP) is 2.90. The van der Waals surface area contributed by atoms with Gasteiger partial charge in [-0.25, -0.2) is 0 Å². The largest absolute Gasteiger partial charge is 0.381 e. The topological polar surface area (TPSA) is 24.5 Å². The normalized spacial score (nSPS) is 24.3. The smallest absolute Gasteiger partial charge is 0.0547 e. The van der Waals surface area contributed by atoms with Crippen molar-refractivity contribution in [2.24, 2.45) is 5.41 Å². The van der Waals surface area contributed by atoms with Gasteiger partial charge in [0.1, 0.15) is 0 Å². The highest BCUT2D eigenvalue weighted by atomic mass is 16.5. The molecular formula is C16H34N2O. The second kappa shape index (κ2) is 7.61. The van der Waals surface area contributed by atoms with Crippen LogP contribution in [0.15, 0.2) is 0 Å². The summed E-state index contributed by atoms with van der Waals surface area (Å²) < 4.78 is 5.69. The molecule has 0 bridgehead atoms. The molecule has 1 rings (SSSR count). The third-order valence-electron chi connectivity index (χ3n) is 3.93. The molecule has 0 aromatic rings. The zero-order valence-corrected chi connectivity index (χ0v) is 13.7. The van der Waals surface area contributed by atoms with Crippen molar-refractivity contribution < 1.29 is 4.74 Å². The number of ether oxygens (including phenoxy) is 1. The summed E-state index contributed by atoms with van der Waals surface area (Å²) in [7, 11) is 2.26. The average molecular weight is 270 g/mol. The van der Waals surface area contributed by atoms with Crippen LogP contribution in [0.2, 0.25) is 0 Å². The molecule has 3 nitrogen and oxygen atoms in total. The van der Waals surface area contributed by atoms with Crippen LogP contribution in [0.4, 0.5) is 0 Å². The minimum atomic E-state index is 0.191. The van der Waals surface area contributed by atoms with Gasteiger partial charge in [-0.1, -0.05) is 19.8 Å². The molecule has 0 spiro atoms. The molecule has 0 aliphatic carbocycles. The molecule has 1 saturated heterocycles. The molecule has 1 N–H and O–H groups in total. The summed E-state index contributed by atoms with van der Waals surface area (Å²) in [5.41, 5.74) is 0.505. The Morgan fingerprint density at radius 3 is 2.53 bits per heavy atom. The fourth-order valence-corrected chi connectivity index (χ4v) is 2.71. The molecule has 3 heteroatoms. The van der Waals surface area contributed by atoms with Crippen LogP contribution in [0.1, 0.15) is 53.4 Å². The number of hydrogen-bond donors (Lipinski definition) is 1. The molecule has 1 atom stereocenters. The quantitative estimate of drug-likeness (QED) is 0.686. The van der Waals surface area contributed by atoms with E-state index in [1.54, 1.807) is 0 Å². The van der Waals surface area contributed by atoms with Crippen LogP contribution in [0, 0.1) is 5.41 Å². The first-order chi connectivity index (χ1) is 8.87. The van der Waals surface area contributed by atoms with Crippen molar-refractivity contribution in [1.29, 1.82) is 0 Å². The van der Waals surface area contributed by atoms with Gasteiger partial charge < -0.3 is 15.0 Å². The zero-order valence-electron chi connectivity index (χ0n) is 13.7. The van der Waals surface area contributed by atoms with E-state index in [4.69, 9.17) is 4.74 Å². The van der Waals surface area contributed by atoms with Gasteiger partial charge in [-0.15, -0.1) is 0 Å². The molecule has 0 saturated carbocycles. The third kappa shape index (κ3) is 6.73. The summed E-state index contributed by atoms with van der Waals surface area (Å²) in [4.78, 5) is 2.49. The molecule has 1 unspecified atom stereocenters. The minimum absolute atomic E-state index is 0.191. The molecule has 0 amide bonds. The minimum Gasteiger partial charge on any atom is -0.381 e. The van der Waals surface area contributed by atoms with Crippen molar-refractivity contribution in [2.75, 3.05) is 39.9 Å². The van der Waals surface area contributed by atoms with Gasteiger partial charge in [-0.2, -0.15) is 0 Å². The summed E-state index contributed by atoms with van der Waals surface area (Å²) in [6.45, 7) is 14.2. The maximum Gasteiger partial charge on any atom is 0.0547 e. The van der Waals surface area contributed by atoms with E-state index in [0.29, 0.717) is 5.41 Å². The van der Waals surface area contributed by atoms with Crippen LogP contribution in [-0.4, -0.2) is 50.3 Å². The number of unbranched alkanes of at least 4 members (excludes halogenated alkanes) is 2. The lowest BCUT2D eigenvalue weighted by Gasteiger charge is -2.35. The van der Waals surface area contributed by atoms with Crippen molar-refractivity contribution in [3.63, 3.8) is 0 Å². The van der Waals surface area contributed by atoms with E-state index in [-0.39, 0.29) is 5.54 Å². The van der Waals surface area contributed by atoms with Crippen molar-refractivity contribution >= 4 is 0 Å². The molecule has 0 radical (unpaired) electrons. The fraction of sp³-hybridized carbons (Fsp3) is 1.00. The maximum absolute atomic E-state index is 5.69. The molecule has 114 valence electrons. The Balaban J connectivity index is 2.42. The van der Waals surface area contributed by atoms with Crippen LogP contribution in [0.3, 0.4) is 0 Å². The van der Waals surface area contributed by atoms with E-state index in [1.165, 1.54) is 32.2 Å². The zero-order chi connectivity index (χ0) is 14.4. The Hall–Kier alpha value is -0.120. The Morgan fingerprint density at radius 1 is 1.26 bits per heavy atom. The monoisotopic (exact) mass is 270 g/mol. The fourth-order valence-electron chi connectivity index (χ4n) is 2.71. The van der Waals surface area contributed by atoms with Gasteiger partial charge in [0.2, 0.25) is 0 Å².